The van der Waals surface area contributed by atoms with Crippen LogP contribution >= 0.6 is 0 Å². The van der Waals surface area contributed by atoms with Crippen molar-refractivity contribution in [3.63, 3.8) is 0 Å². The molecule has 0 aliphatic rings. The number of benzene rings is 2. The van der Waals surface area contributed by atoms with Gasteiger partial charge >= 0.3 is 0 Å². The molecule has 0 N–H and O–H groups in total. The molecule has 0 fully saturated rings. The molecule has 1 heterocycles. The maximum Gasteiger partial charge on any atom is 0.163 e. The van der Waals surface area contributed by atoms with Gasteiger partial charge in [-0.1, -0.05) is 18.2 Å². The van der Waals surface area contributed by atoms with E-state index in [1.165, 1.54) is 0 Å². The minimum Gasteiger partial charge on any atom is -0.497 e. The van der Waals surface area contributed by atoms with Gasteiger partial charge in [0.1, 0.15) is 11.8 Å². The van der Waals surface area contributed by atoms with Crippen molar-refractivity contribution in [3.05, 3.63) is 65.4 Å². The summed E-state index contributed by atoms with van der Waals surface area (Å²) >= 11 is 0. The first-order chi connectivity index (χ1) is 11.1. The van der Waals surface area contributed by atoms with Crippen molar-refractivity contribution in [2.45, 2.75) is 13.8 Å². The molecule has 4 heteroatoms. The fraction of sp³-hybridized carbons (Fsp3) is 0.158. The van der Waals surface area contributed by atoms with Crippen LogP contribution < -0.4 is 4.74 Å². The van der Waals surface area contributed by atoms with Gasteiger partial charge in [0.05, 0.1) is 18.5 Å². The largest absolute Gasteiger partial charge is 0.497 e. The molecule has 23 heavy (non-hydrogen) atoms. The van der Waals surface area contributed by atoms with E-state index in [1.807, 2.05) is 67.1 Å². The highest BCUT2D eigenvalue weighted by Crippen LogP contribution is 2.32. The van der Waals surface area contributed by atoms with Crippen LogP contribution in [0, 0.1) is 25.2 Å². The first-order valence-electron chi connectivity index (χ1n) is 7.35. The number of ether oxygens (including phenoxy) is 1. The van der Waals surface area contributed by atoms with E-state index in [0.29, 0.717) is 5.69 Å². The van der Waals surface area contributed by atoms with Gasteiger partial charge in [0.25, 0.3) is 0 Å². The summed E-state index contributed by atoms with van der Waals surface area (Å²) in [5.74, 6) is 0.829. The molecule has 0 saturated heterocycles. The van der Waals surface area contributed by atoms with Crippen molar-refractivity contribution in [3.8, 4) is 28.8 Å². The molecule has 4 nitrogen and oxygen atoms in total. The minimum atomic E-state index is 0.401. The molecule has 3 aromatic rings. The van der Waals surface area contributed by atoms with Crippen LogP contribution in [0.4, 0.5) is 0 Å². The molecule has 1 aromatic heterocycles. The lowest BCUT2D eigenvalue weighted by molar-refractivity contribution is 0.414. The van der Waals surface area contributed by atoms with Crippen LogP contribution in [-0.2, 0) is 0 Å². The maximum atomic E-state index is 9.24. The number of aryl methyl sites for hydroxylation is 2. The molecule has 0 unspecified atom stereocenters. The lowest BCUT2D eigenvalue weighted by Gasteiger charge is -2.14. The highest BCUT2D eigenvalue weighted by molar-refractivity contribution is 5.71. The second kappa shape index (κ2) is 5.98. The molecule has 0 bridgehead atoms. The lowest BCUT2D eigenvalue weighted by atomic mass is 9.99. The van der Waals surface area contributed by atoms with Gasteiger partial charge in [0.15, 0.2) is 5.69 Å². The van der Waals surface area contributed by atoms with Crippen LogP contribution in [0.5, 0.6) is 5.75 Å². The monoisotopic (exact) mass is 303 g/mol. The summed E-state index contributed by atoms with van der Waals surface area (Å²) in [6, 6.07) is 17.8. The van der Waals surface area contributed by atoms with Gasteiger partial charge in [-0.15, -0.1) is 0 Å². The average Bonchev–Trinajstić information content (AvgIpc) is 2.99. The van der Waals surface area contributed by atoms with E-state index < -0.39 is 0 Å². The third kappa shape index (κ3) is 2.69. The number of methoxy groups -OCH3 is 1. The zero-order chi connectivity index (χ0) is 16.4. The fourth-order valence-corrected chi connectivity index (χ4v) is 2.83. The van der Waals surface area contributed by atoms with E-state index in [0.717, 1.165) is 33.8 Å². The molecule has 2 aromatic carbocycles. The van der Waals surface area contributed by atoms with Gasteiger partial charge in [-0.2, -0.15) is 10.4 Å². The van der Waals surface area contributed by atoms with Crippen molar-refractivity contribution in [2.75, 3.05) is 7.11 Å². The molecule has 0 aliphatic heterocycles. The van der Waals surface area contributed by atoms with Gasteiger partial charge in [0.2, 0.25) is 0 Å². The van der Waals surface area contributed by atoms with Crippen molar-refractivity contribution in [1.82, 2.24) is 9.78 Å². The Kier molecular flexibility index (Phi) is 3.86. The van der Waals surface area contributed by atoms with Gasteiger partial charge in [-0.25, -0.2) is 4.68 Å². The number of hydrogen-bond donors (Lipinski definition) is 0. The van der Waals surface area contributed by atoms with Gasteiger partial charge in [0, 0.05) is 11.6 Å². The molecule has 114 valence electrons. The number of nitrogens with zero attached hydrogens (tertiary/aromatic N) is 3. The SMILES string of the molecule is COc1cc(C)c(-c2cc(C#N)nn2-c2ccccc2)c(C)c1. The summed E-state index contributed by atoms with van der Waals surface area (Å²) in [4.78, 5) is 0. The zero-order valence-corrected chi connectivity index (χ0v) is 13.4. The van der Waals surface area contributed by atoms with E-state index in [9.17, 15) is 5.26 Å². The normalized spacial score (nSPS) is 10.3. The van der Waals surface area contributed by atoms with Crippen LogP contribution in [0.2, 0.25) is 0 Å². The number of hydrogen-bond acceptors (Lipinski definition) is 3. The van der Waals surface area contributed by atoms with E-state index in [2.05, 4.69) is 11.2 Å². The molecule has 0 saturated carbocycles. The topological polar surface area (TPSA) is 50.8 Å². The van der Waals surface area contributed by atoms with E-state index >= 15 is 0 Å². The summed E-state index contributed by atoms with van der Waals surface area (Å²) in [5.41, 5.74) is 5.48. The third-order valence-corrected chi connectivity index (χ3v) is 3.82. The Labute approximate surface area is 135 Å². The van der Waals surface area contributed by atoms with Crippen LogP contribution in [-0.4, -0.2) is 16.9 Å². The van der Waals surface area contributed by atoms with E-state index in [-0.39, 0.29) is 0 Å². The minimum absolute atomic E-state index is 0.401. The lowest BCUT2D eigenvalue weighted by Crippen LogP contribution is -2.01. The Hall–Kier alpha value is -3.06. The second-order valence-corrected chi connectivity index (χ2v) is 5.41. The number of nitriles is 1. The van der Waals surface area contributed by atoms with Crippen molar-refractivity contribution in [1.29, 1.82) is 5.26 Å². The van der Waals surface area contributed by atoms with Crippen LogP contribution in [0.3, 0.4) is 0 Å². The average molecular weight is 303 g/mol. The van der Waals surface area contributed by atoms with Gasteiger partial charge in [-0.05, 0) is 49.2 Å². The van der Waals surface area contributed by atoms with Crippen LogP contribution in [0.25, 0.3) is 16.9 Å². The standard InChI is InChI=1S/C19H17N3O/c1-13-9-17(23-3)10-14(2)19(13)18-11-15(12-20)21-22(18)16-7-5-4-6-8-16/h4-11H,1-3H3. The third-order valence-electron chi connectivity index (χ3n) is 3.82. The number of para-hydroxylation sites is 1. The zero-order valence-electron chi connectivity index (χ0n) is 13.4. The molecular formula is C19H17N3O. The van der Waals surface area contributed by atoms with Gasteiger partial charge in [-0.3, -0.25) is 0 Å². The summed E-state index contributed by atoms with van der Waals surface area (Å²) in [6.45, 7) is 4.08. The van der Waals surface area contributed by atoms with Crippen molar-refractivity contribution < 1.29 is 4.74 Å². The van der Waals surface area contributed by atoms with Gasteiger partial charge < -0.3 is 4.74 Å². The molecule has 0 amide bonds. The van der Waals surface area contributed by atoms with Crippen molar-refractivity contribution in [2.24, 2.45) is 0 Å². The molecule has 0 spiro atoms. The maximum absolute atomic E-state index is 9.24. The van der Waals surface area contributed by atoms with E-state index in [4.69, 9.17) is 4.74 Å². The fourth-order valence-electron chi connectivity index (χ4n) is 2.83. The first-order valence-corrected chi connectivity index (χ1v) is 7.35. The Bertz CT molecular complexity index is 866. The Morgan fingerprint density at radius 1 is 1.04 bits per heavy atom. The Morgan fingerprint density at radius 2 is 1.70 bits per heavy atom. The Morgan fingerprint density at radius 3 is 2.26 bits per heavy atom. The summed E-state index contributed by atoms with van der Waals surface area (Å²) in [5, 5.41) is 13.7. The summed E-state index contributed by atoms with van der Waals surface area (Å²) in [6.07, 6.45) is 0. The highest BCUT2D eigenvalue weighted by Gasteiger charge is 2.16. The molecule has 0 atom stereocenters. The van der Waals surface area contributed by atoms with Crippen molar-refractivity contribution >= 4 is 0 Å². The second-order valence-electron chi connectivity index (χ2n) is 5.41. The smallest absolute Gasteiger partial charge is 0.163 e. The molecule has 3 rings (SSSR count). The highest BCUT2D eigenvalue weighted by atomic mass is 16.5. The quantitative estimate of drug-likeness (QED) is 0.734. The molecule has 0 radical (unpaired) electrons. The molecule has 0 aliphatic carbocycles. The summed E-state index contributed by atoms with van der Waals surface area (Å²) in [7, 11) is 1.66. The van der Waals surface area contributed by atoms with Crippen LogP contribution in [0.1, 0.15) is 16.8 Å². The number of rotatable bonds is 3. The number of aromatic nitrogens is 2. The predicted molar refractivity (Wildman–Crippen MR) is 89.7 cm³/mol. The summed E-state index contributed by atoms with van der Waals surface area (Å²) < 4.78 is 7.15. The molecular weight excluding hydrogens is 286 g/mol. The van der Waals surface area contributed by atoms with E-state index in [1.54, 1.807) is 7.11 Å². The first kappa shape index (κ1) is 14.9. The predicted octanol–water partition coefficient (Wildman–Crippen LogP) is 4.04. The Balaban J connectivity index is 2.26. The van der Waals surface area contributed by atoms with Crippen LogP contribution in [0.15, 0.2) is 48.5 Å².